The van der Waals surface area contributed by atoms with Gasteiger partial charge in [0.2, 0.25) is 11.2 Å². The van der Waals surface area contributed by atoms with Crippen molar-refractivity contribution >= 4 is 40.7 Å². The highest BCUT2D eigenvalue weighted by Gasteiger charge is 2.25. The van der Waals surface area contributed by atoms with Crippen LogP contribution in [0.5, 0.6) is 0 Å². The van der Waals surface area contributed by atoms with Crippen LogP contribution in [0.25, 0.3) is 0 Å². The SMILES string of the molecule is CC(=O)NCC(O)C(O)c1c(Cl)nc(Cl)nc1Cl. The van der Waals surface area contributed by atoms with Gasteiger partial charge in [0, 0.05) is 13.5 Å². The first-order valence-corrected chi connectivity index (χ1v) is 5.95. The Morgan fingerprint density at radius 1 is 1.28 bits per heavy atom. The molecule has 2 atom stereocenters. The summed E-state index contributed by atoms with van der Waals surface area (Å²) < 4.78 is 0. The van der Waals surface area contributed by atoms with Crippen LogP contribution in [0, 0.1) is 0 Å². The molecule has 0 radical (unpaired) electrons. The molecule has 2 unspecified atom stereocenters. The summed E-state index contributed by atoms with van der Waals surface area (Å²) in [5.41, 5.74) is -0.0411. The van der Waals surface area contributed by atoms with Gasteiger partial charge in [0.25, 0.3) is 0 Å². The van der Waals surface area contributed by atoms with E-state index in [0.29, 0.717) is 0 Å². The number of aliphatic hydroxyl groups excluding tert-OH is 2. The molecule has 1 rings (SSSR count). The first-order chi connectivity index (χ1) is 8.32. The lowest BCUT2D eigenvalue weighted by Gasteiger charge is -2.19. The Hall–Kier alpha value is -0.660. The number of amides is 1. The van der Waals surface area contributed by atoms with Crippen molar-refractivity contribution < 1.29 is 15.0 Å². The topological polar surface area (TPSA) is 95.3 Å². The zero-order valence-corrected chi connectivity index (χ0v) is 11.5. The second-order valence-corrected chi connectivity index (χ2v) is 4.49. The Labute approximate surface area is 118 Å². The van der Waals surface area contributed by atoms with Crippen LogP contribution in [0.3, 0.4) is 0 Å². The summed E-state index contributed by atoms with van der Waals surface area (Å²) in [6, 6.07) is 0. The van der Waals surface area contributed by atoms with Crippen LogP contribution in [0.15, 0.2) is 0 Å². The molecule has 0 fully saturated rings. The Bertz CT molecular complexity index is 435. The summed E-state index contributed by atoms with van der Waals surface area (Å²) in [5, 5.41) is 21.4. The Balaban J connectivity index is 2.89. The van der Waals surface area contributed by atoms with E-state index in [0.717, 1.165) is 0 Å². The Morgan fingerprint density at radius 3 is 2.22 bits per heavy atom. The molecule has 0 aliphatic carbocycles. The van der Waals surface area contributed by atoms with E-state index >= 15 is 0 Å². The molecule has 0 aliphatic rings. The number of hydrogen-bond acceptors (Lipinski definition) is 5. The Kier molecular flexibility index (Phi) is 5.55. The zero-order chi connectivity index (χ0) is 13.9. The maximum atomic E-state index is 10.7. The molecule has 0 bridgehead atoms. The van der Waals surface area contributed by atoms with Gasteiger partial charge in [-0.15, -0.1) is 0 Å². The van der Waals surface area contributed by atoms with Crippen molar-refractivity contribution in [3.8, 4) is 0 Å². The van der Waals surface area contributed by atoms with Gasteiger partial charge in [-0.3, -0.25) is 4.79 Å². The van der Waals surface area contributed by atoms with Crippen LogP contribution < -0.4 is 5.32 Å². The Morgan fingerprint density at radius 2 is 1.78 bits per heavy atom. The third-order valence-electron chi connectivity index (χ3n) is 2.05. The molecular formula is C9H10Cl3N3O3. The largest absolute Gasteiger partial charge is 0.388 e. The van der Waals surface area contributed by atoms with Gasteiger partial charge in [0.05, 0.1) is 5.56 Å². The molecule has 0 aromatic carbocycles. The van der Waals surface area contributed by atoms with Crippen molar-refractivity contribution in [2.24, 2.45) is 0 Å². The molecule has 1 amide bonds. The van der Waals surface area contributed by atoms with Gasteiger partial charge < -0.3 is 15.5 Å². The van der Waals surface area contributed by atoms with Crippen molar-refractivity contribution in [3.05, 3.63) is 21.2 Å². The second kappa shape index (κ2) is 6.49. The van der Waals surface area contributed by atoms with Gasteiger partial charge in [-0.25, -0.2) is 9.97 Å². The van der Waals surface area contributed by atoms with Gasteiger partial charge >= 0.3 is 0 Å². The van der Waals surface area contributed by atoms with Crippen molar-refractivity contribution in [2.45, 2.75) is 19.1 Å². The summed E-state index contributed by atoms with van der Waals surface area (Å²) in [6.45, 7) is 1.12. The van der Waals surface area contributed by atoms with E-state index in [9.17, 15) is 15.0 Å². The number of nitrogens with one attached hydrogen (secondary N) is 1. The molecule has 1 aromatic rings. The van der Waals surface area contributed by atoms with Gasteiger partial charge in [-0.1, -0.05) is 23.2 Å². The minimum atomic E-state index is -1.44. The maximum absolute atomic E-state index is 10.7. The highest BCUT2D eigenvalue weighted by Crippen LogP contribution is 2.30. The molecule has 100 valence electrons. The van der Waals surface area contributed by atoms with Crippen molar-refractivity contribution in [2.75, 3.05) is 6.54 Å². The number of hydrogen-bond donors (Lipinski definition) is 3. The first-order valence-electron chi connectivity index (χ1n) is 4.82. The average molecular weight is 315 g/mol. The molecule has 9 heteroatoms. The quantitative estimate of drug-likeness (QED) is 0.568. The van der Waals surface area contributed by atoms with Crippen LogP contribution in [0.1, 0.15) is 18.6 Å². The van der Waals surface area contributed by atoms with E-state index in [1.165, 1.54) is 6.92 Å². The summed E-state index contributed by atoms with van der Waals surface area (Å²) in [6.07, 6.45) is -2.73. The lowest BCUT2D eigenvalue weighted by molar-refractivity contribution is -0.119. The van der Waals surface area contributed by atoms with Gasteiger partial charge in [-0.2, -0.15) is 0 Å². The van der Waals surface area contributed by atoms with Crippen molar-refractivity contribution in [1.29, 1.82) is 0 Å². The fourth-order valence-electron chi connectivity index (χ4n) is 1.19. The lowest BCUT2D eigenvalue weighted by Crippen LogP contribution is -2.34. The number of halogens is 3. The second-order valence-electron chi connectivity index (χ2n) is 3.44. The number of aromatic nitrogens is 2. The summed E-state index contributed by atoms with van der Waals surface area (Å²) in [4.78, 5) is 17.9. The number of rotatable bonds is 4. The van der Waals surface area contributed by atoms with E-state index in [4.69, 9.17) is 34.8 Å². The summed E-state index contributed by atoms with van der Waals surface area (Å²) >= 11 is 17.0. The van der Waals surface area contributed by atoms with E-state index < -0.39 is 12.2 Å². The van der Waals surface area contributed by atoms with Gasteiger partial charge in [0.15, 0.2) is 0 Å². The van der Waals surface area contributed by atoms with Crippen LogP contribution in [0.2, 0.25) is 15.6 Å². The third kappa shape index (κ3) is 3.93. The highest BCUT2D eigenvalue weighted by molar-refractivity contribution is 6.36. The van der Waals surface area contributed by atoms with Crippen molar-refractivity contribution in [1.82, 2.24) is 15.3 Å². The van der Waals surface area contributed by atoms with E-state index in [1.54, 1.807) is 0 Å². The van der Waals surface area contributed by atoms with Gasteiger partial charge in [-0.05, 0) is 11.6 Å². The van der Waals surface area contributed by atoms with Crippen LogP contribution in [-0.2, 0) is 4.79 Å². The minimum absolute atomic E-state index is 0.0411. The first kappa shape index (κ1) is 15.4. The number of carbonyl (C=O) groups excluding carboxylic acids is 1. The summed E-state index contributed by atoms with van der Waals surface area (Å²) in [5.74, 6) is -0.342. The number of nitrogens with zero attached hydrogens (tertiary/aromatic N) is 2. The van der Waals surface area contributed by atoms with Crippen molar-refractivity contribution in [3.63, 3.8) is 0 Å². The fraction of sp³-hybridized carbons (Fsp3) is 0.444. The molecule has 1 aromatic heterocycles. The fourth-order valence-corrected chi connectivity index (χ4v) is 2.06. The van der Waals surface area contributed by atoms with Crippen LogP contribution in [0.4, 0.5) is 0 Å². The molecule has 0 spiro atoms. The molecule has 3 N–H and O–H groups in total. The standard InChI is InChI=1S/C9H10Cl3N3O3/c1-3(16)13-2-4(17)6(18)5-7(10)14-9(12)15-8(5)11/h4,6,17-18H,2H2,1H3,(H,13,16). The predicted molar refractivity (Wildman–Crippen MR) is 66.7 cm³/mol. The smallest absolute Gasteiger partial charge is 0.225 e. The van der Waals surface area contributed by atoms with E-state index in [-0.39, 0.29) is 33.6 Å². The molecule has 0 aliphatic heterocycles. The molecular weight excluding hydrogens is 304 g/mol. The zero-order valence-electron chi connectivity index (χ0n) is 9.19. The monoisotopic (exact) mass is 313 g/mol. The highest BCUT2D eigenvalue weighted by atomic mass is 35.5. The lowest BCUT2D eigenvalue weighted by atomic mass is 10.1. The van der Waals surface area contributed by atoms with E-state index in [2.05, 4.69) is 15.3 Å². The molecule has 1 heterocycles. The number of aliphatic hydroxyl groups is 2. The van der Waals surface area contributed by atoms with Crippen LogP contribution in [-0.4, -0.2) is 38.7 Å². The molecule has 6 nitrogen and oxygen atoms in total. The average Bonchev–Trinajstić information content (AvgIpc) is 2.24. The predicted octanol–water partition coefficient (Wildman–Crippen LogP) is 0.967. The molecule has 18 heavy (non-hydrogen) atoms. The normalized spacial score (nSPS) is 14.1. The number of carbonyl (C=O) groups is 1. The third-order valence-corrected chi connectivity index (χ3v) is 2.79. The molecule has 0 saturated heterocycles. The minimum Gasteiger partial charge on any atom is -0.388 e. The van der Waals surface area contributed by atoms with E-state index in [1.807, 2.05) is 0 Å². The molecule has 0 saturated carbocycles. The van der Waals surface area contributed by atoms with Crippen LogP contribution >= 0.6 is 34.8 Å². The van der Waals surface area contributed by atoms with Gasteiger partial charge in [0.1, 0.15) is 22.5 Å². The maximum Gasteiger partial charge on any atom is 0.225 e. The summed E-state index contributed by atoms with van der Waals surface area (Å²) in [7, 11) is 0.